The van der Waals surface area contributed by atoms with Crippen molar-refractivity contribution in [2.75, 3.05) is 0 Å². The third-order valence-electron chi connectivity index (χ3n) is 2.83. The van der Waals surface area contributed by atoms with Crippen molar-refractivity contribution in [1.82, 2.24) is 0 Å². The number of hydrogen-bond acceptors (Lipinski definition) is 1. The Morgan fingerprint density at radius 2 is 1.62 bits per heavy atom. The molecule has 1 rings (SSSR count). The van der Waals surface area contributed by atoms with Gasteiger partial charge in [-0.05, 0) is 0 Å². The first-order valence-electron chi connectivity index (χ1n) is 6.36. The molecule has 0 unspecified atom stereocenters. The van der Waals surface area contributed by atoms with Crippen molar-refractivity contribution in [2.45, 2.75) is 65.2 Å². The van der Waals surface area contributed by atoms with Gasteiger partial charge in [-0.1, -0.05) is 65.2 Å². The van der Waals surface area contributed by atoms with Gasteiger partial charge >= 0.3 is 18.9 Å². The molecular weight excluding hydrogens is 207 g/mol. The van der Waals surface area contributed by atoms with Crippen molar-refractivity contribution in [3.05, 3.63) is 21.9 Å². The SMILES string of the molecule is CCCCCc1c[c-]sc1CCCCC.[Li+]. The van der Waals surface area contributed by atoms with Gasteiger partial charge < -0.3 is 11.3 Å². The van der Waals surface area contributed by atoms with Crippen LogP contribution in [-0.2, 0) is 12.8 Å². The molecule has 0 bridgehead atoms. The summed E-state index contributed by atoms with van der Waals surface area (Å²) in [5.41, 5.74) is 1.57. The number of aryl methyl sites for hydroxylation is 2. The van der Waals surface area contributed by atoms with Crippen LogP contribution in [0.3, 0.4) is 0 Å². The third kappa shape index (κ3) is 6.14. The summed E-state index contributed by atoms with van der Waals surface area (Å²) in [4.78, 5) is 1.60. The molecule has 1 aromatic rings. The Bertz CT molecular complexity index is 230. The Hall–Kier alpha value is 0.297. The van der Waals surface area contributed by atoms with E-state index >= 15 is 0 Å². The van der Waals surface area contributed by atoms with E-state index in [-0.39, 0.29) is 18.9 Å². The maximum atomic E-state index is 3.29. The van der Waals surface area contributed by atoms with Gasteiger partial charge in [0.2, 0.25) is 0 Å². The van der Waals surface area contributed by atoms with Crippen LogP contribution >= 0.6 is 11.3 Å². The summed E-state index contributed by atoms with van der Waals surface area (Å²) in [5, 5.41) is 3.29. The summed E-state index contributed by atoms with van der Waals surface area (Å²) in [6, 6.07) is 2.21. The van der Waals surface area contributed by atoms with Crippen molar-refractivity contribution in [1.29, 1.82) is 0 Å². The number of rotatable bonds is 8. The summed E-state index contributed by atoms with van der Waals surface area (Å²) < 4.78 is 0. The van der Waals surface area contributed by atoms with E-state index in [0.717, 1.165) is 0 Å². The monoisotopic (exact) mass is 230 g/mol. The second-order valence-corrected chi connectivity index (χ2v) is 5.16. The zero-order valence-corrected chi connectivity index (χ0v) is 12.0. The summed E-state index contributed by atoms with van der Waals surface area (Å²) in [7, 11) is 0. The maximum Gasteiger partial charge on any atom is 1.00 e. The van der Waals surface area contributed by atoms with Crippen LogP contribution < -0.4 is 18.9 Å². The Balaban J connectivity index is 0.00000225. The minimum absolute atomic E-state index is 0. The van der Waals surface area contributed by atoms with E-state index in [2.05, 4.69) is 25.3 Å². The summed E-state index contributed by atoms with van der Waals surface area (Å²) >= 11 is 1.83. The molecule has 0 N–H and O–H groups in total. The van der Waals surface area contributed by atoms with Gasteiger partial charge in [-0.15, -0.1) is 10.3 Å². The fraction of sp³-hybridized carbons (Fsp3) is 0.714. The van der Waals surface area contributed by atoms with Crippen molar-refractivity contribution < 1.29 is 18.9 Å². The van der Waals surface area contributed by atoms with Gasteiger partial charge in [0.1, 0.15) is 0 Å². The zero-order chi connectivity index (χ0) is 10.9. The van der Waals surface area contributed by atoms with Gasteiger partial charge in [-0.2, -0.15) is 11.6 Å². The smallest absolute Gasteiger partial charge is 0.300 e. The van der Waals surface area contributed by atoms with E-state index in [0.29, 0.717) is 0 Å². The molecule has 0 atom stereocenters. The molecule has 0 amide bonds. The predicted molar refractivity (Wildman–Crippen MR) is 69.6 cm³/mol. The van der Waals surface area contributed by atoms with Gasteiger partial charge in [0.25, 0.3) is 0 Å². The first-order chi connectivity index (χ1) is 7.38. The van der Waals surface area contributed by atoms with Crippen LogP contribution in [0.2, 0.25) is 0 Å². The predicted octanol–water partition coefficient (Wildman–Crippen LogP) is 2.02. The van der Waals surface area contributed by atoms with Crippen LogP contribution in [0.5, 0.6) is 0 Å². The van der Waals surface area contributed by atoms with Gasteiger partial charge in [-0.3, -0.25) is 0 Å². The van der Waals surface area contributed by atoms with Crippen molar-refractivity contribution in [3.63, 3.8) is 0 Å². The summed E-state index contributed by atoms with van der Waals surface area (Å²) in [5.74, 6) is 0. The molecule has 0 aliphatic rings. The van der Waals surface area contributed by atoms with E-state index in [1.54, 1.807) is 10.4 Å². The summed E-state index contributed by atoms with van der Waals surface area (Å²) in [6.45, 7) is 4.53. The van der Waals surface area contributed by atoms with E-state index in [1.807, 2.05) is 11.3 Å². The van der Waals surface area contributed by atoms with E-state index in [4.69, 9.17) is 0 Å². The van der Waals surface area contributed by atoms with Gasteiger partial charge in [-0.25, -0.2) is 0 Å². The largest absolute Gasteiger partial charge is 1.00 e. The van der Waals surface area contributed by atoms with Crippen molar-refractivity contribution in [2.24, 2.45) is 0 Å². The second-order valence-electron chi connectivity index (χ2n) is 4.23. The van der Waals surface area contributed by atoms with E-state index in [9.17, 15) is 0 Å². The standard InChI is InChI=1S/C14H23S.Li/c1-3-5-7-9-13-11-12-15-14(13)10-8-6-4-2;/h11H,3-10H2,1-2H3;/q-1;+1. The van der Waals surface area contributed by atoms with Gasteiger partial charge in [0, 0.05) is 0 Å². The van der Waals surface area contributed by atoms with Crippen molar-refractivity contribution in [3.8, 4) is 0 Å². The van der Waals surface area contributed by atoms with Gasteiger partial charge in [0.15, 0.2) is 0 Å². The quantitative estimate of drug-likeness (QED) is 0.364. The van der Waals surface area contributed by atoms with Crippen LogP contribution in [0.25, 0.3) is 0 Å². The van der Waals surface area contributed by atoms with E-state index in [1.165, 1.54) is 51.4 Å². The minimum Gasteiger partial charge on any atom is -0.300 e. The Morgan fingerprint density at radius 1 is 1.00 bits per heavy atom. The van der Waals surface area contributed by atoms with Crippen molar-refractivity contribution >= 4 is 11.3 Å². The Labute approximate surface area is 117 Å². The normalized spacial score (nSPS) is 10.1. The van der Waals surface area contributed by atoms with Crippen LogP contribution in [-0.4, -0.2) is 0 Å². The minimum atomic E-state index is 0. The fourth-order valence-electron chi connectivity index (χ4n) is 1.84. The molecule has 0 spiro atoms. The topological polar surface area (TPSA) is 0 Å². The Morgan fingerprint density at radius 3 is 2.25 bits per heavy atom. The Kier molecular flexibility index (Phi) is 10.6. The van der Waals surface area contributed by atoms with Gasteiger partial charge in [0.05, 0.1) is 0 Å². The molecule has 86 valence electrons. The first kappa shape index (κ1) is 16.3. The van der Waals surface area contributed by atoms with Crippen LogP contribution in [0, 0.1) is 5.38 Å². The fourth-order valence-corrected chi connectivity index (χ4v) is 2.72. The number of unbranched alkanes of at least 4 members (excludes halogenated alkanes) is 4. The van der Waals surface area contributed by atoms with Crippen LogP contribution in [0.4, 0.5) is 0 Å². The molecule has 0 aliphatic carbocycles. The molecule has 0 aliphatic heterocycles. The molecule has 0 aromatic carbocycles. The molecule has 2 heteroatoms. The number of thiophene rings is 1. The summed E-state index contributed by atoms with van der Waals surface area (Å²) in [6.07, 6.45) is 10.6. The third-order valence-corrected chi connectivity index (χ3v) is 3.78. The molecular formula is C14H23LiS. The molecule has 16 heavy (non-hydrogen) atoms. The molecule has 0 radical (unpaired) electrons. The van der Waals surface area contributed by atoms with Crippen LogP contribution in [0.1, 0.15) is 62.8 Å². The first-order valence-corrected chi connectivity index (χ1v) is 7.17. The zero-order valence-electron chi connectivity index (χ0n) is 11.1. The molecule has 0 nitrogen and oxygen atoms in total. The second kappa shape index (κ2) is 10.5. The number of hydrogen-bond donors (Lipinski definition) is 0. The molecule has 0 fully saturated rings. The average Bonchev–Trinajstić information content (AvgIpc) is 2.67. The van der Waals surface area contributed by atoms with E-state index < -0.39 is 0 Å². The molecule has 0 saturated carbocycles. The molecule has 1 heterocycles. The molecule has 0 saturated heterocycles. The van der Waals surface area contributed by atoms with Crippen LogP contribution in [0.15, 0.2) is 6.07 Å². The average molecular weight is 230 g/mol. The maximum absolute atomic E-state index is 3.29. The molecule has 1 aromatic heterocycles.